The summed E-state index contributed by atoms with van der Waals surface area (Å²) in [5.41, 5.74) is 0.579. The van der Waals surface area contributed by atoms with Crippen LogP contribution in [0.2, 0.25) is 0 Å². The minimum Gasteiger partial charge on any atom is -0.478 e. The van der Waals surface area contributed by atoms with Gasteiger partial charge in [0.15, 0.2) is 6.29 Å². The van der Waals surface area contributed by atoms with Gasteiger partial charge >= 0.3 is 0 Å². The predicted molar refractivity (Wildman–Crippen MR) is 63.9 cm³/mol. The number of pyridine rings is 1. The highest BCUT2D eigenvalue weighted by Gasteiger charge is 1.96. The zero-order valence-electron chi connectivity index (χ0n) is 9.82. The largest absolute Gasteiger partial charge is 0.478 e. The molecule has 3 heteroatoms. The van der Waals surface area contributed by atoms with E-state index in [1.54, 1.807) is 12.1 Å². The summed E-state index contributed by atoms with van der Waals surface area (Å²) in [7, 11) is 0. The molecule has 0 bridgehead atoms. The number of aldehydes is 1. The molecule has 0 aromatic carbocycles. The maximum atomic E-state index is 10.4. The summed E-state index contributed by atoms with van der Waals surface area (Å²) in [6.07, 6.45) is 8.41. The van der Waals surface area contributed by atoms with Crippen molar-refractivity contribution in [3.8, 4) is 5.88 Å². The Morgan fingerprint density at radius 3 is 2.69 bits per heavy atom. The van der Waals surface area contributed by atoms with Crippen molar-refractivity contribution in [2.45, 2.75) is 39.0 Å². The molecule has 0 N–H and O–H groups in total. The highest BCUT2D eigenvalue weighted by Crippen LogP contribution is 2.08. The van der Waals surface area contributed by atoms with Gasteiger partial charge in [-0.2, -0.15) is 0 Å². The fourth-order valence-electron chi connectivity index (χ4n) is 1.43. The number of carbonyl (C=O) groups excluding carboxylic acids is 1. The summed E-state index contributed by atoms with van der Waals surface area (Å²) in [5, 5.41) is 0. The van der Waals surface area contributed by atoms with Crippen LogP contribution < -0.4 is 4.74 Å². The first-order chi connectivity index (χ1) is 7.86. The summed E-state index contributed by atoms with van der Waals surface area (Å²) in [5.74, 6) is 0.598. The fourth-order valence-corrected chi connectivity index (χ4v) is 1.43. The molecule has 0 aliphatic carbocycles. The molecule has 0 amide bonds. The van der Waals surface area contributed by atoms with Crippen LogP contribution in [-0.2, 0) is 0 Å². The van der Waals surface area contributed by atoms with Crippen molar-refractivity contribution >= 4 is 6.29 Å². The minimum absolute atomic E-state index is 0.579. The third-order valence-corrected chi connectivity index (χ3v) is 2.39. The number of ether oxygens (including phenoxy) is 1. The van der Waals surface area contributed by atoms with Crippen LogP contribution in [0.15, 0.2) is 18.3 Å². The Morgan fingerprint density at radius 1 is 1.25 bits per heavy atom. The number of nitrogens with zero attached hydrogens (tertiary/aromatic N) is 1. The second kappa shape index (κ2) is 7.85. The molecule has 0 aliphatic rings. The van der Waals surface area contributed by atoms with Gasteiger partial charge in [-0.15, -0.1) is 0 Å². The lowest BCUT2D eigenvalue weighted by atomic mass is 10.2. The first kappa shape index (κ1) is 12.7. The van der Waals surface area contributed by atoms with Crippen molar-refractivity contribution in [1.29, 1.82) is 0 Å². The van der Waals surface area contributed by atoms with Gasteiger partial charge in [-0.1, -0.05) is 32.6 Å². The second-order valence-electron chi connectivity index (χ2n) is 3.81. The van der Waals surface area contributed by atoms with E-state index in [0.29, 0.717) is 18.1 Å². The van der Waals surface area contributed by atoms with Crippen molar-refractivity contribution in [2.24, 2.45) is 0 Å². The van der Waals surface area contributed by atoms with Gasteiger partial charge in [-0.05, 0) is 12.5 Å². The van der Waals surface area contributed by atoms with E-state index in [-0.39, 0.29) is 0 Å². The average molecular weight is 221 g/mol. The van der Waals surface area contributed by atoms with Gasteiger partial charge in [0.25, 0.3) is 0 Å². The molecule has 0 unspecified atom stereocenters. The number of hydrogen-bond acceptors (Lipinski definition) is 3. The van der Waals surface area contributed by atoms with Crippen molar-refractivity contribution in [1.82, 2.24) is 4.98 Å². The van der Waals surface area contributed by atoms with Gasteiger partial charge in [-0.3, -0.25) is 4.79 Å². The van der Waals surface area contributed by atoms with Crippen molar-refractivity contribution < 1.29 is 9.53 Å². The van der Waals surface area contributed by atoms with E-state index < -0.39 is 0 Å². The van der Waals surface area contributed by atoms with E-state index >= 15 is 0 Å². The van der Waals surface area contributed by atoms with Crippen LogP contribution in [0.25, 0.3) is 0 Å². The smallest absolute Gasteiger partial charge is 0.213 e. The second-order valence-corrected chi connectivity index (χ2v) is 3.81. The molecule has 0 saturated carbocycles. The highest BCUT2D eigenvalue weighted by molar-refractivity contribution is 5.73. The Bertz CT molecular complexity index is 295. The highest BCUT2D eigenvalue weighted by atomic mass is 16.5. The molecule has 1 rings (SSSR count). The van der Waals surface area contributed by atoms with Crippen molar-refractivity contribution in [3.05, 3.63) is 23.9 Å². The first-order valence-corrected chi connectivity index (χ1v) is 5.91. The fraction of sp³-hybridized carbons (Fsp3) is 0.538. The predicted octanol–water partition coefficient (Wildman–Crippen LogP) is 3.24. The first-order valence-electron chi connectivity index (χ1n) is 5.91. The third-order valence-electron chi connectivity index (χ3n) is 2.39. The van der Waals surface area contributed by atoms with Gasteiger partial charge in [0.1, 0.15) is 0 Å². The van der Waals surface area contributed by atoms with Crippen LogP contribution in [0.5, 0.6) is 5.88 Å². The zero-order chi connectivity index (χ0) is 11.6. The van der Waals surface area contributed by atoms with E-state index in [9.17, 15) is 4.79 Å². The van der Waals surface area contributed by atoms with Gasteiger partial charge in [-0.25, -0.2) is 4.98 Å². The lowest BCUT2D eigenvalue weighted by molar-refractivity contribution is 0.112. The third kappa shape index (κ3) is 4.91. The SMILES string of the molecule is CCCCCCCOc1ccc(C=O)cn1. The molecule has 0 aliphatic heterocycles. The van der Waals surface area contributed by atoms with E-state index in [2.05, 4.69) is 11.9 Å². The van der Waals surface area contributed by atoms with Crippen LogP contribution in [0, 0.1) is 0 Å². The molecule has 0 atom stereocenters. The van der Waals surface area contributed by atoms with Gasteiger partial charge in [0.05, 0.1) is 6.61 Å². The van der Waals surface area contributed by atoms with E-state index in [1.165, 1.54) is 31.9 Å². The van der Waals surface area contributed by atoms with Gasteiger partial charge in [0.2, 0.25) is 5.88 Å². The molecule has 16 heavy (non-hydrogen) atoms. The lowest BCUT2D eigenvalue weighted by Gasteiger charge is -2.04. The van der Waals surface area contributed by atoms with Crippen LogP contribution in [0.3, 0.4) is 0 Å². The quantitative estimate of drug-likeness (QED) is 0.499. The maximum absolute atomic E-state index is 10.4. The van der Waals surface area contributed by atoms with E-state index in [1.807, 2.05) is 0 Å². The normalized spacial score (nSPS) is 10.1. The molecule has 3 nitrogen and oxygen atoms in total. The standard InChI is InChI=1S/C13H19NO2/c1-2-3-4-5-6-9-16-13-8-7-12(11-15)10-14-13/h7-8,10-11H,2-6,9H2,1H3. The number of aromatic nitrogens is 1. The Balaban J connectivity index is 2.14. The van der Waals surface area contributed by atoms with E-state index in [4.69, 9.17) is 4.74 Å². The number of unbranched alkanes of at least 4 members (excludes halogenated alkanes) is 4. The summed E-state index contributed by atoms with van der Waals surface area (Å²) < 4.78 is 5.46. The lowest BCUT2D eigenvalue weighted by Crippen LogP contribution is -1.99. The Hall–Kier alpha value is -1.38. The monoisotopic (exact) mass is 221 g/mol. The van der Waals surface area contributed by atoms with Crippen LogP contribution in [-0.4, -0.2) is 17.9 Å². The molecule has 0 fully saturated rings. The number of carbonyl (C=O) groups is 1. The Labute approximate surface area is 96.8 Å². The molecule has 88 valence electrons. The zero-order valence-corrected chi connectivity index (χ0v) is 9.82. The summed E-state index contributed by atoms with van der Waals surface area (Å²) in [6, 6.07) is 3.45. The molecule has 1 heterocycles. The number of hydrogen-bond donors (Lipinski definition) is 0. The molecule has 0 spiro atoms. The molecular weight excluding hydrogens is 202 g/mol. The molecule has 0 radical (unpaired) electrons. The van der Waals surface area contributed by atoms with Crippen LogP contribution in [0.4, 0.5) is 0 Å². The Morgan fingerprint density at radius 2 is 2.06 bits per heavy atom. The molecule has 1 aromatic rings. The molecule has 1 aromatic heterocycles. The summed E-state index contributed by atoms with van der Waals surface area (Å²) in [4.78, 5) is 14.4. The summed E-state index contributed by atoms with van der Waals surface area (Å²) >= 11 is 0. The van der Waals surface area contributed by atoms with Crippen molar-refractivity contribution in [2.75, 3.05) is 6.61 Å². The number of rotatable bonds is 8. The van der Waals surface area contributed by atoms with Gasteiger partial charge in [0, 0.05) is 17.8 Å². The molecular formula is C13H19NO2. The van der Waals surface area contributed by atoms with Crippen molar-refractivity contribution in [3.63, 3.8) is 0 Å². The van der Waals surface area contributed by atoms with Crippen LogP contribution in [0.1, 0.15) is 49.4 Å². The van der Waals surface area contributed by atoms with E-state index in [0.717, 1.165) is 12.7 Å². The van der Waals surface area contributed by atoms with Crippen LogP contribution >= 0.6 is 0 Å². The maximum Gasteiger partial charge on any atom is 0.213 e. The van der Waals surface area contributed by atoms with Gasteiger partial charge < -0.3 is 4.74 Å². The Kier molecular flexibility index (Phi) is 6.23. The summed E-state index contributed by atoms with van der Waals surface area (Å²) in [6.45, 7) is 2.91. The molecule has 0 saturated heterocycles. The minimum atomic E-state index is 0.579. The average Bonchev–Trinajstić information content (AvgIpc) is 2.34. The topological polar surface area (TPSA) is 39.2 Å².